The van der Waals surface area contributed by atoms with Gasteiger partial charge in [-0.25, -0.2) is 0 Å². The van der Waals surface area contributed by atoms with Crippen LogP contribution in [0.1, 0.15) is 95.6 Å². The first kappa shape index (κ1) is 40.8. The predicted molar refractivity (Wildman–Crippen MR) is 219 cm³/mol. The van der Waals surface area contributed by atoms with Crippen LogP contribution in [-0.2, 0) is 23.2 Å². The number of hydrogen-bond acceptors (Lipinski definition) is 6. The van der Waals surface area contributed by atoms with E-state index in [1.54, 1.807) is 50.5 Å². The van der Waals surface area contributed by atoms with E-state index in [0.29, 0.717) is 66.8 Å². The molecule has 4 heterocycles. The molecule has 2 spiro atoms. The molecule has 4 aromatic carbocycles. The number of fused-ring (bicyclic) bond motifs is 4. The summed E-state index contributed by atoms with van der Waals surface area (Å²) in [7, 11) is 3.57. The molecule has 8 rings (SSSR count). The van der Waals surface area contributed by atoms with E-state index in [2.05, 4.69) is 0 Å². The molecule has 0 aliphatic carbocycles. The van der Waals surface area contributed by atoms with Crippen LogP contribution in [-0.4, -0.2) is 48.0 Å². The first-order valence-corrected chi connectivity index (χ1v) is 24.6. The van der Waals surface area contributed by atoms with E-state index in [4.69, 9.17) is 9.47 Å². The van der Waals surface area contributed by atoms with Gasteiger partial charge >= 0.3 is 317 Å². The summed E-state index contributed by atoms with van der Waals surface area (Å²) in [6, 6.07) is 17.6. The number of likely N-dealkylation sites (N-methyl/N-ethyl adjacent to an activating group) is 2. The first-order chi connectivity index (χ1) is 27.5. The maximum atomic E-state index is 14.6. The van der Waals surface area contributed by atoms with E-state index in [1.165, 1.54) is 24.3 Å². The fourth-order valence-electron chi connectivity index (χ4n) is 9.81. The van der Waals surface area contributed by atoms with Gasteiger partial charge in [0.05, 0.1) is 0 Å². The third kappa shape index (κ3) is 5.60. The molecule has 6 nitrogen and oxygen atoms in total. The van der Waals surface area contributed by atoms with Gasteiger partial charge in [-0.2, -0.15) is 26.3 Å². The molecule has 308 valence electrons. The molecule has 0 amide bonds. The van der Waals surface area contributed by atoms with Crippen molar-refractivity contribution in [3.05, 3.63) is 129 Å². The molecule has 0 aromatic heterocycles. The fourth-order valence-corrected chi connectivity index (χ4v) is 17.0. The third-order valence-electron chi connectivity index (χ3n) is 13.6. The average molecular weight is 875 g/mol. The number of anilines is 2. The Balaban J connectivity index is 1.07. The van der Waals surface area contributed by atoms with E-state index in [-0.39, 0.29) is 9.23 Å². The molecule has 0 bridgehead atoms. The van der Waals surface area contributed by atoms with Crippen LogP contribution in [0.5, 0.6) is 11.5 Å². The summed E-state index contributed by atoms with van der Waals surface area (Å²) < 4.78 is 95.3. The van der Waals surface area contributed by atoms with Crippen LogP contribution in [0, 0.1) is 0 Å². The molecule has 0 N–H and O–H groups in total. The SMILES string of the molecule is C[CH2][Ge]([CH2]C)([C](=O)c1ccc2c(c1)C=CC1(O2)N(C)c2ccc(C(F)(F)F)cc2C1(C)C)[C](=O)c1ccc2c(c1)C=CC1(O2)N(C)c2ccc(C(F)(F)F)cc2C1(C)C. The van der Waals surface area contributed by atoms with Gasteiger partial charge in [-0.15, -0.1) is 0 Å². The van der Waals surface area contributed by atoms with Gasteiger partial charge in [-0.05, 0) is 0 Å². The second-order valence-corrected chi connectivity index (χ2v) is 26.5. The number of nitrogens with zero attached hydrogens (tertiary/aromatic N) is 2. The molecule has 0 radical (unpaired) electrons. The fraction of sp³-hybridized carbons (Fsp3) is 0.348. The summed E-state index contributed by atoms with van der Waals surface area (Å²) in [6.45, 7) is 11.2. The number of ether oxygens (including phenoxy) is 2. The zero-order chi connectivity index (χ0) is 42.9. The molecule has 2 atom stereocenters. The van der Waals surface area contributed by atoms with Gasteiger partial charge in [0.25, 0.3) is 0 Å². The van der Waals surface area contributed by atoms with Crippen molar-refractivity contribution in [2.24, 2.45) is 0 Å². The van der Waals surface area contributed by atoms with Gasteiger partial charge in [0.15, 0.2) is 0 Å². The van der Waals surface area contributed by atoms with Crippen LogP contribution in [0.2, 0.25) is 10.5 Å². The van der Waals surface area contributed by atoms with Crippen molar-refractivity contribution in [1.82, 2.24) is 0 Å². The van der Waals surface area contributed by atoms with Gasteiger partial charge in [-0.1, -0.05) is 0 Å². The molecule has 0 fully saturated rings. The summed E-state index contributed by atoms with van der Waals surface area (Å²) in [6.07, 6.45) is -1.68. The molecule has 0 saturated heterocycles. The molecule has 13 heteroatoms. The van der Waals surface area contributed by atoms with Crippen molar-refractivity contribution < 1.29 is 45.4 Å². The van der Waals surface area contributed by atoms with Gasteiger partial charge < -0.3 is 0 Å². The summed E-state index contributed by atoms with van der Waals surface area (Å²) in [5, 5.41) is 0.809. The zero-order valence-electron chi connectivity index (χ0n) is 33.9. The Labute approximate surface area is 341 Å². The predicted octanol–water partition coefficient (Wildman–Crippen LogP) is 11.4. The number of carbonyl (C=O) groups is 2. The van der Waals surface area contributed by atoms with Crippen molar-refractivity contribution >= 4 is 46.0 Å². The number of benzene rings is 4. The van der Waals surface area contributed by atoms with Crippen LogP contribution in [0.25, 0.3) is 12.2 Å². The summed E-state index contributed by atoms with van der Waals surface area (Å²) in [4.78, 5) is 33.0. The van der Waals surface area contributed by atoms with Crippen LogP contribution in [0.4, 0.5) is 37.7 Å². The van der Waals surface area contributed by atoms with Gasteiger partial charge in [-0.3, -0.25) is 0 Å². The number of alkyl halides is 6. The second kappa shape index (κ2) is 13.0. The van der Waals surface area contributed by atoms with Gasteiger partial charge in [0.2, 0.25) is 0 Å². The zero-order valence-corrected chi connectivity index (χ0v) is 36.0. The number of halogens is 6. The molecular weight excluding hydrogens is 831 g/mol. The molecule has 4 aromatic rings. The molecule has 0 saturated carbocycles. The number of rotatable bonds is 6. The van der Waals surface area contributed by atoms with Crippen LogP contribution in [0.15, 0.2) is 84.9 Å². The van der Waals surface area contributed by atoms with Crippen molar-refractivity contribution in [2.45, 2.75) is 86.7 Å². The summed E-state index contributed by atoms with van der Waals surface area (Å²) in [5.41, 5.74) is -1.26. The molecule has 4 aliphatic heterocycles. The van der Waals surface area contributed by atoms with Crippen molar-refractivity contribution in [3.63, 3.8) is 0 Å². The summed E-state index contributed by atoms with van der Waals surface area (Å²) in [5.74, 6) is 0.925. The Morgan fingerprint density at radius 2 is 0.966 bits per heavy atom. The van der Waals surface area contributed by atoms with E-state index in [0.717, 1.165) is 12.1 Å². The van der Waals surface area contributed by atoms with Crippen molar-refractivity contribution in [3.8, 4) is 11.5 Å². The van der Waals surface area contributed by atoms with E-state index >= 15 is 0 Å². The van der Waals surface area contributed by atoms with Crippen molar-refractivity contribution in [2.75, 3.05) is 23.9 Å². The Kier molecular flexibility index (Phi) is 8.99. The monoisotopic (exact) mass is 876 g/mol. The minimum absolute atomic E-state index is 0.171. The van der Waals surface area contributed by atoms with E-state index in [9.17, 15) is 35.9 Å². The Morgan fingerprint density at radius 1 is 0.593 bits per heavy atom. The Hall–Kier alpha value is -4.98. The first-order valence-electron chi connectivity index (χ1n) is 19.5. The summed E-state index contributed by atoms with van der Waals surface area (Å²) >= 11 is -4.08. The number of carbonyl (C=O) groups excluding carboxylic acids is 2. The normalized spacial score (nSPS) is 22.1. The van der Waals surface area contributed by atoms with Crippen LogP contribution < -0.4 is 19.3 Å². The van der Waals surface area contributed by atoms with Crippen molar-refractivity contribution in [1.29, 1.82) is 0 Å². The molecule has 2 unspecified atom stereocenters. The minimum atomic E-state index is -4.50. The Bertz CT molecular complexity index is 2350. The Morgan fingerprint density at radius 3 is 1.31 bits per heavy atom. The molecule has 4 aliphatic rings. The topological polar surface area (TPSA) is 59.1 Å². The maximum absolute atomic E-state index is 14.6. The molecular formula is C46H44F6GeN2O4. The number of hydrogen-bond donors (Lipinski definition) is 0. The second-order valence-electron chi connectivity index (χ2n) is 17.0. The molecule has 59 heavy (non-hydrogen) atoms. The van der Waals surface area contributed by atoms with Crippen LogP contribution >= 0.6 is 0 Å². The van der Waals surface area contributed by atoms with Gasteiger partial charge in [0.1, 0.15) is 0 Å². The standard InChI is InChI=1S/C46H44F6GeN2O4/c1-9-53(10-2,39(56)29-11-17-37-27(23-29)19-21-43(58-37)41(3,4)33-25-31(45(47,48)49)13-15-35(33)54(43)7)40(57)30-12-18-38-28(24-30)20-22-44(59-38)42(5,6)34-26-32(46(50,51)52)14-16-36(34)55(44)8/h11-26H,9-10H2,1-8H3. The quantitative estimate of drug-likeness (QED) is 0.142. The van der Waals surface area contributed by atoms with E-state index < -0.39 is 59.0 Å². The van der Waals surface area contributed by atoms with Crippen LogP contribution in [0.3, 0.4) is 0 Å². The average Bonchev–Trinajstić information content (AvgIpc) is 3.46. The van der Waals surface area contributed by atoms with Gasteiger partial charge in [0, 0.05) is 0 Å². The third-order valence-corrected chi connectivity index (χ3v) is 23.6. The van der Waals surface area contributed by atoms with E-state index in [1.807, 2.05) is 75.6 Å².